The van der Waals surface area contributed by atoms with E-state index in [1.54, 1.807) is 0 Å². The van der Waals surface area contributed by atoms with Crippen molar-refractivity contribution < 1.29 is 0 Å². The molecule has 16 heavy (non-hydrogen) atoms. The molecule has 0 unspecified atom stereocenters. The molecule has 1 aromatic heterocycles. The first-order chi connectivity index (χ1) is 7.59. The van der Waals surface area contributed by atoms with Gasteiger partial charge in [0.25, 0.3) is 0 Å². The summed E-state index contributed by atoms with van der Waals surface area (Å²) in [5.74, 6) is 0. The Kier molecular flexibility index (Phi) is 2.44. The summed E-state index contributed by atoms with van der Waals surface area (Å²) in [7, 11) is 1.95. The second-order valence-corrected chi connectivity index (χ2v) is 4.14. The first kappa shape index (κ1) is 10.7. The fourth-order valence-corrected chi connectivity index (χ4v) is 2.07. The van der Waals surface area contributed by atoms with E-state index in [9.17, 15) is 14.9 Å². The maximum atomic E-state index is 11.5. The molecular weight excluding hydrogens is 210 g/mol. The van der Waals surface area contributed by atoms with E-state index in [0.29, 0.717) is 25.9 Å². The lowest BCUT2D eigenvalue weighted by Gasteiger charge is -2.34. The molecule has 1 saturated heterocycles. The van der Waals surface area contributed by atoms with Crippen molar-refractivity contribution in [1.29, 1.82) is 5.26 Å². The van der Waals surface area contributed by atoms with Crippen LogP contribution in [0.4, 0.5) is 0 Å². The molecule has 2 heterocycles. The van der Waals surface area contributed by atoms with Gasteiger partial charge in [-0.05, 0) is 19.9 Å². The van der Waals surface area contributed by atoms with Crippen LogP contribution in [0.3, 0.4) is 0 Å². The molecule has 0 atom stereocenters. The van der Waals surface area contributed by atoms with Crippen LogP contribution < -0.4 is 11.4 Å². The summed E-state index contributed by atoms with van der Waals surface area (Å²) < 4.78 is 1.00. The van der Waals surface area contributed by atoms with E-state index in [2.05, 4.69) is 21.2 Å². The number of hydrogen-bond donors (Lipinski definition) is 2. The summed E-state index contributed by atoms with van der Waals surface area (Å²) in [5, 5.41) is 13.7. The first-order valence-corrected chi connectivity index (χ1v) is 5.09. The lowest BCUT2D eigenvalue weighted by atomic mass is 9.89. The largest absolute Gasteiger partial charge is 0.345 e. The van der Waals surface area contributed by atoms with Crippen molar-refractivity contribution in [3.8, 4) is 6.07 Å². The number of nitriles is 1. The van der Waals surface area contributed by atoms with Gasteiger partial charge >= 0.3 is 11.4 Å². The van der Waals surface area contributed by atoms with E-state index in [-0.39, 0.29) is 0 Å². The second-order valence-electron chi connectivity index (χ2n) is 4.14. The van der Waals surface area contributed by atoms with E-state index in [1.807, 2.05) is 7.05 Å². The third kappa shape index (κ3) is 1.47. The number of H-pyrrole nitrogens is 2. The second kappa shape index (κ2) is 3.64. The minimum absolute atomic E-state index is 0.487. The van der Waals surface area contributed by atoms with Gasteiger partial charge in [0.2, 0.25) is 0 Å². The Balaban J connectivity index is 2.48. The van der Waals surface area contributed by atoms with Gasteiger partial charge in [-0.2, -0.15) is 5.26 Å². The Labute approximate surface area is 91.3 Å². The van der Waals surface area contributed by atoms with Gasteiger partial charge in [0.1, 0.15) is 5.54 Å². The highest BCUT2D eigenvalue weighted by molar-refractivity contribution is 5.07. The molecule has 7 nitrogen and oxygen atoms in total. The zero-order valence-electron chi connectivity index (χ0n) is 8.99. The van der Waals surface area contributed by atoms with Crippen LogP contribution in [0.15, 0.2) is 9.59 Å². The van der Waals surface area contributed by atoms with Crippen LogP contribution in [-0.4, -0.2) is 39.8 Å². The number of likely N-dealkylation sites (tertiary alicyclic amines) is 1. The molecule has 2 rings (SSSR count). The van der Waals surface area contributed by atoms with Gasteiger partial charge in [0, 0.05) is 13.1 Å². The van der Waals surface area contributed by atoms with Crippen LogP contribution in [0.1, 0.15) is 12.8 Å². The van der Waals surface area contributed by atoms with Gasteiger partial charge in [-0.3, -0.25) is 0 Å². The van der Waals surface area contributed by atoms with Crippen molar-refractivity contribution in [2.75, 3.05) is 20.1 Å². The van der Waals surface area contributed by atoms with Gasteiger partial charge in [-0.25, -0.2) is 24.4 Å². The molecule has 0 spiro atoms. The van der Waals surface area contributed by atoms with Crippen molar-refractivity contribution in [3.63, 3.8) is 0 Å². The predicted octanol–water partition coefficient (Wildman–Crippen LogP) is -1.19. The van der Waals surface area contributed by atoms with Crippen LogP contribution in [0, 0.1) is 11.3 Å². The number of nitrogens with zero attached hydrogens (tertiary/aromatic N) is 3. The molecule has 7 heteroatoms. The molecule has 0 aromatic carbocycles. The zero-order valence-corrected chi connectivity index (χ0v) is 8.99. The average Bonchev–Trinajstić information content (AvgIpc) is 2.62. The maximum Gasteiger partial charge on any atom is 0.345 e. The summed E-state index contributed by atoms with van der Waals surface area (Å²) in [5.41, 5.74) is -2.09. The van der Waals surface area contributed by atoms with Crippen molar-refractivity contribution in [1.82, 2.24) is 19.7 Å². The highest BCUT2D eigenvalue weighted by atomic mass is 16.2. The summed E-state index contributed by atoms with van der Waals surface area (Å²) >= 11 is 0. The average molecular weight is 223 g/mol. The van der Waals surface area contributed by atoms with E-state index in [1.165, 1.54) is 0 Å². The van der Waals surface area contributed by atoms with Gasteiger partial charge in [0.05, 0.1) is 6.07 Å². The Morgan fingerprint density at radius 1 is 1.25 bits per heavy atom. The smallest absolute Gasteiger partial charge is 0.306 e. The van der Waals surface area contributed by atoms with Crippen LogP contribution >= 0.6 is 0 Å². The lowest BCUT2D eigenvalue weighted by Crippen LogP contribution is -2.51. The highest BCUT2D eigenvalue weighted by Crippen LogP contribution is 2.26. The van der Waals surface area contributed by atoms with E-state index < -0.39 is 16.9 Å². The Morgan fingerprint density at radius 2 is 1.75 bits per heavy atom. The molecule has 0 amide bonds. The topological polar surface area (TPSA) is 97.7 Å². The van der Waals surface area contributed by atoms with Crippen molar-refractivity contribution in [3.05, 3.63) is 21.0 Å². The minimum atomic E-state index is -1.00. The van der Waals surface area contributed by atoms with Crippen LogP contribution in [-0.2, 0) is 5.54 Å². The van der Waals surface area contributed by atoms with Crippen LogP contribution in [0.2, 0.25) is 0 Å². The fraction of sp³-hybridized carbons (Fsp3) is 0.667. The Bertz CT molecular complexity index is 496. The van der Waals surface area contributed by atoms with Gasteiger partial charge in [-0.1, -0.05) is 0 Å². The summed E-state index contributed by atoms with van der Waals surface area (Å²) in [6.07, 6.45) is 0.974. The van der Waals surface area contributed by atoms with Crippen LogP contribution in [0.5, 0.6) is 0 Å². The standard InChI is InChI=1S/C9H13N5O2/c1-13-4-2-9(6-10,3-5-13)14-7(15)11-12-8(14)16/h2-5H2,1H3,(H,11,15)(H,12,16). The number of piperidine rings is 1. The van der Waals surface area contributed by atoms with E-state index in [4.69, 9.17) is 0 Å². The zero-order chi connectivity index (χ0) is 11.8. The predicted molar refractivity (Wildman–Crippen MR) is 56.0 cm³/mol. The SMILES string of the molecule is CN1CCC(C#N)(n2c(=O)[nH][nH]c2=O)CC1. The quantitative estimate of drug-likeness (QED) is 0.625. The molecule has 0 bridgehead atoms. The third-order valence-corrected chi connectivity index (χ3v) is 3.13. The molecular formula is C9H13N5O2. The number of aromatic amines is 2. The molecule has 1 fully saturated rings. The van der Waals surface area contributed by atoms with E-state index in [0.717, 1.165) is 4.57 Å². The molecule has 1 aromatic rings. The normalized spacial score (nSPS) is 20.5. The van der Waals surface area contributed by atoms with Gasteiger partial charge in [-0.15, -0.1) is 0 Å². The minimum Gasteiger partial charge on any atom is -0.306 e. The van der Waals surface area contributed by atoms with Crippen LogP contribution in [0.25, 0.3) is 0 Å². The molecule has 2 N–H and O–H groups in total. The maximum absolute atomic E-state index is 11.5. The Hall–Kier alpha value is -1.81. The first-order valence-electron chi connectivity index (χ1n) is 5.09. The summed E-state index contributed by atoms with van der Waals surface area (Å²) in [4.78, 5) is 25.1. The van der Waals surface area contributed by atoms with Gasteiger partial charge < -0.3 is 4.90 Å². The van der Waals surface area contributed by atoms with Crippen molar-refractivity contribution >= 4 is 0 Å². The fourth-order valence-electron chi connectivity index (χ4n) is 2.07. The monoisotopic (exact) mass is 223 g/mol. The molecule has 1 aliphatic heterocycles. The van der Waals surface area contributed by atoms with E-state index >= 15 is 0 Å². The molecule has 1 aliphatic rings. The van der Waals surface area contributed by atoms with Crippen molar-refractivity contribution in [2.24, 2.45) is 0 Å². The summed E-state index contributed by atoms with van der Waals surface area (Å²) in [6, 6.07) is 2.12. The molecule has 86 valence electrons. The summed E-state index contributed by atoms with van der Waals surface area (Å²) in [6.45, 7) is 1.40. The number of nitrogens with one attached hydrogen (secondary N) is 2. The molecule has 0 radical (unpaired) electrons. The lowest BCUT2D eigenvalue weighted by molar-refractivity contribution is 0.168. The Morgan fingerprint density at radius 3 is 2.19 bits per heavy atom. The number of aromatic nitrogens is 3. The number of rotatable bonds is 1. The molecule has 0 aliphatic carbocycles. The van der Waals surface area contributed by atoms with Crippen molar-refractivity contribution in [2.45, 2.75) is 18.4 Å². The number of hydrogen-bond acceptors (Lipinski definition) is 4. The molecule has 0 saturated carbocycles. The third-order valence-electron chi connectivity index (χ3n) is 3.13. The van der Waals surface area contributed by atoms with Gasteiger partial charge in [0.15, 0.2) is 0 Å². The highest BCUT2D eigenvalue weighted by Gasteiger charge is 2.38.